The molecule has 0 bridgehead atoms. The van der Waals surface area contributed by atoms with E-state index in [0.717, 1.165) is 50.5 Å². The van der Waals surface area contributed by atoms with Gasteiger partial charge in [0.1, 0.15) is 30.5 Å². The molecule has 0 saturated carbocycles. The molecule has 2 heterocycles. The van der Waals surface area contributed by atoms with Crippen molar-refractivity contribution in [2.24, 2.45) is 4.99 Å². The highest BCUT2D eigenvalue weighted by Crippen LogP contribution is 2.39. The van der Waals surface area contributed by atoms with Crippen LogP contribution in [0.15, 0.2) is 47.5 Å². The van der Waals surface area contributed by atoms with Crippen molar-refractivity contribution in [3.05, 3.63) is 59.2 Å². The van der Waals surface area contributed by atoms with Gasteiger partial charge in [0.25, 0.3) is 0 Å². The highest BCUT2D eigenvalue weighted by atomic mass is 16.5. The third-order valence-electron chi connectivity index (χ3n) is 6.49. The molecule has 7 nitrogen and oxygen atoms in total. The van der Waals surface area contributed by atoms with Crippen LogP contribution in [0.4, 0.5) is 0 Å². The van der Waals surface area contributed by atoms with E-state index in [9.17, 15) is 10.2 Å². The van der Waals surface area contributed by atoms with Crippen molar-refractivity contribution in [3.8, 4) is 11.5 Å². The largest absolute Gasteiger partial charge is 0.491 e. The standard InChI is InChI=1S/C26H35N3O4/c1-3-28-8-10-29(11-9-28)25-24-7-5-4-6-20(24)19-26(2,27-25)21-16-22(32-14-12-30)18-23(17-21)33-15-13-31/h4-7,16-18,30-31H,3,8-15,19H2,1-2H3. The number of amidine groups is 1. The number of rotatable bonds is 8. The molecule has 1 unspecified atom stereocenters. The summed E-state index contributed by atoms with van der Waals surface area (Å²) in [6.07, 6.45) is 0.768. The zero-order chi connectivity index (χ0) is 23.3. The summed E-state index contributed by atoms with van der Waals surface area (Å²) in [4.78, 5) is 10.2. The Morgan fingerprint density at radius 1 is 0.939 bits per heavy atom. The Morgan fingerprint density at radius 2 is 1.58 bits per heavy atom. The van der Waals surface area contributed by atoms with Crippen molar-refractivity contribution < 1.29 is 19.7 Å². The van der Waals surface area contributed by atoms with Gasteiger partial charge >= 0.3 is 0 Å². The van der Waals surface area contributed by atoms with E-state index in [4.69, 9.17) is 14.5 Å². The van der Waals surface area contributed by atoms with Gasteiger partial charge in [-0.05, 0) is 36.7 Å². The van der Waals surface area contributed by atoms with Crippen molar-refractivity contribution >= 4 is 5.84 Å². The van der Waals surface area contributed by atoms with Gasteiger partial charge in [0.05, 0.1) is 18.8 Å². The zero-order valence-corrected chi connectivity index (χ0v) is 19.7. The number of aliphatic hydroxyl groups excluding tert-OH is 2. The summed E-state index contributed by atoms with van der Waals surface area (Å²) >= 11 is 0. The number of piperazine rings is 1. The van der Waals surface area contributed by atoms with Gasteiger partial charge in [0.15, 0.2) is 0 Å². The van der Waals surface area contributed by atoms with Gasteiger partial charge in [0.2, 0.25) is 0 Å². The van der Waals surface area contributed by atoms with E-state index in [2.05, 4.69) is 47.9 Å². The molecule has 1 fully saturated rings. The molecule has 1 saturated heterocycles. The van der Waals surface area contributed by atoms with Crippen LogP contribution in [-0.2, 0) is 12.0 Å². The van der Waals surface area contributed by atoms with Crippen LogP contribution in [0.5, 0.6) is 11.5 Å². The summed E-state index contributed by atoms with van der Waals surface area (Å²) in [7, 11) is 0. The van der Waals surface area contributed by atoms with Crippen molar-refractivity contribution in [2.75, 3.05) is 59.2 Å². The molecule has 2 N–H and O–H groups in total. The fraction of sp³-hybridized carbons (Fsp3) is 0.500. The van der Waals surface area contributed by atoms with Crippen LogP contribution in [0.25, 0.3) is 0 Å². The van der Waals surface area contributed by atoms with Crippen molar-refractivity contribution in [1.82, 2.24) is 9.80 Å². The van der Waals surface area contributed by atoms with E-state index in [1.54, 1.807) is 6.07 Å². The Labute approximate surface area is 196 Å². The quantitative estimate of drug-likeness (QED) is 0.639. The maximum atomic E-state index is 9.21. The lowest BCUT2D eigenvalue weighted by Crippen LogP contribution is -2.50. The van der Waals surface area contributed by atoms with Crippen LogP contribution < -0.4 is 9.47 Å². The normalized spacial score (nSPS) is 20.8. The number of fused-ring (bicyclic) bond motifs is 1. The first-order valence-electron chi connectivity index (χ1n) is 11.8. The summed E-state index contributed by atoms with van der Waals surface area (Å²) in [6, 6.07) is 14.3. The zero-order valence-electron chi connectivity index (χ0n) is 19.7. The summed E-state index contributed by atoms with van der Waals surface area (Å²) in [5.41, 5.74) is 2.98. The van der Waals surface area contributed by atoms with E-state index in [1.165, 1.54) is 11.1 Å². The molecule has 2 aliphatic rings. The van der Waals surface area contributed by atoms with Crippen LogP contribution in [0.2, 0.25) is 0 Å². The Morgan fingerprint density at radius 3 is 2.18 bits per heavy atom. The molecule has 0 aliphatic carbocycles. The minimum absolute atomic E-state index is 0.0618. The van der Waals surface area contributed by atoms with E-state index in [-0.39, 0.29) is 26.4 Å². The number of aliphatic imine (C=N–C) groups is 1. The van der Waals surface area contributed by atoms with Gasteiger partial charge in [-0.2, -0.15) is 0 Å². The molecule has 0 spiro atoms. The lowest BCUT2D eigenvalue weighted by Gasteiger charge is -2.41. The fourth-order valence-corrected chi connectivity index (χ4v) is 4.66. The summed E-state index contributed by atoms with van der Waals surface area (Å²) < 4.78 is 11.5. The molecule has 178 valence electrons. The van der Waals surface area contributed by atoms with Crippen LogP contribution in [0, 0.1) is 0 Å². The van der Waals surface area contributed by atoms with Gasteiger partial charge < -0.3 is 29.5 Å². The lowest BCUT2D eigenvalue weighted by molar-refractivity contribution is 0.188. The maximum Gasteiger partial charge on any atom is 0.132 e. The molecule has 4 rings (SSSR count). The highest BCUT2D eigenvalue weighted by molar-refractivity contribution is 6.01. The lowest BCUT2D eigenvalue weighted by atomic mass is 9.81. The van der Waals surface area contributed by atoms with Crippen molar-refractivity contribution in [1.29, 1.82) is 0 Å². The van der Waals surface area contributed by atoms with Gasteiger partial charge in [-0.15, -0.1) is 0 Å². The Hall–Kier alpha value is -2.61. The number of benzene rings is 2. The third-order valence-corrected chi connectivity index (χ3v) is 6.49. The van der Waals surface area contributed by atoms with E-state index in [1.807, 2.05) is 12.1 Å². The summed E-state index contributed by atoms with van der Waals surface area (Å²) in [6.45, 7) is 9.73. The number of likely N-dealkylation sites (N-methyl/N-ethyl adjacent to an activating group) is 1. The van der Waals surface area contributed by atoms with Crippen molar-refractivity contribution in [3.63, 3.8) is 0 Å². The number of hydrogen-bond acceptors (Lipinski definition) is 7. The van der Waals surface area contributed by atoms with Crippen LogP contribution in [-0.4, -0.2) is 85.0 Å². The molecule has 0 radical (unpaired) electrons. The predicted octanol–water partition coefficient (Wildman–Crippen LogP) is 2.28. The Balaban J connectivity index is 1.73. The molecule has 2 aliphatic heterocycles. The average Bonchev–Trinajstić information content (AvgIpc) is 2.85. The first-order valence-corrected chi connectivity index (χ1v) is 11.8. The topological polar surface area (TPSA) is 77.8 Å². The summed E-state index contributed by atoms with van der Waals surface area (Å²) in [5, 5.41) is 18.4. The molecule has 2 aromatic carbocycles. The minimum atomic E-state index is -0.499. The number of nitrogens with zero attached hydrogens (tertiary/aromatic N) is 3. The molecule has 33 heavy (non-hydrogen) atoms. The van der Waals surface area contributed by atoms with Crippen LogP contribution in [0.3, 0.4) is 0 Å². The Bertz CT molecular complexity index is 946. The molecule has 7 heteroatoms. The van der Waals surface area contributed by atoms with Gasteiger partial charge in [-0.25, -0.2) is 0 Å². The number of ether oxygens (including phenoxy) is 2. The first-order chi connectivity index (χ1) is 16.1. The number of aliphatic hydroxyl groups is 2. The second-order valence-electron chi connectivity index (χ2n) is 8.80. The maximum absolute atomic E-state index is 9.21. The van der Waals surface area contributed by atoms with Crippen LogP contribution >= 0.6 is 0 Å². The highest BCUT2D eigenvalue weighted by Gasteiger charge is 2.35. The van der Waals surface area contributed by atoms with Gasteiger partial charge in [-0.3, -0.25) is 4.99 Å². The van der Waals surface area contributed by atoms with E-state index in [0.29, 0.717) is 11.5 Å². The molecular formula is C26H35N3O4. The van der Waals surface area contributed by atoms with Crippen molar-refractivity contribution in [2.45, 2.75) is 25.8 Å². The van der Waals surface area contributed by atoms with Gasteiger partial charge in [-0.1, -0.05) is 31.2 Å². The summed E-state index contributed by atoms with van der Waals surface area (Å²) in [5.74, 6) is 2.31. The molecule has 0 aromatic heterocycles. The minimum Gasteiger partial charge on any atom is -0.491 e. The monoisotopic (exact) mass is 453 g/mol. The third kappa shape index (κ3) is 5.32. The Kier molecular flexibility index (Phi) is 7.53. The van der Waals surface area contributed by atoms with E-state index < -0.39 is 5.54 Å². The second-order valence-corrected chi connectivity index (χ2v) is 8.80. The SMILES string of the molecule is CCN1CCN(C2=NC(C)(c3cc(OCCO)cc(OCCO)c3)Cc3ccccc32)CC1. The molecule has 1 atom stereocenters. The van der Waals surface area contributed by atoms with E-state index >= 15 is 0 Å². The first kappa shape index (κ1) is 23.5. The fourth-order valence-electron chi connectivity index (χ4n) is 4.66. The second kappa shape index (κ2) is 10.5. The average molecular weight is 454 g/mol. The number of hydrogen-bond donors (Lipinski definition) is 2. The predicted molar refractivity (Wildman–Crippen MR) is 129 cm³/mol. The molecule has 0 amide bonds. The molecule has 2 aromatic rings. The molecular weight excluding hydrogens is 418 g/mol. The van der Waals surface area contributed by atoms with Crippen LogP contribution in [0.1, 0.15) is 30.5 Å². The van der Waals surface area contributed by atoms with Gasteiger partial charge in [0, 0.05) is 44.2 Å². The smallest absolute Gasteiger partial charge is 0.132 e.